The Morgan fingerprint density at radius 3 is 2.88 bits per heavy atom. The maximum absolute atomic E-state index is 4.29. The molecule has 0 atom stereocenters. The van der Waals surface area contributed by atoms with Crippen LogP contribution in [0.3, 0.4) is 0 Å². The van der Waals surface area contributed by atoms with E-state index in [9.17, 15) is 0 Å². The third kappa shape index (κ3) is 1.81. The van der Waals surface area contributed by atoms with E-state index in [-0.39, 0.29) is 0 Å². The quantitative estimate of drug-likeness (QED) is 0.846. The monoisotopic (exact) mass is 212 g/mol. The summed E-state index contributed by atoms with van der Waals surface area (Å²) >= 11 is 0. The minimum absolute atomic E-state index is 0.386. The molecule has 16 heavy (non-hydrogen) atoms. The van der Waals surface area contributed by atoms with E-state index in [1.165, 1.54) is 29.2 Å². The van der Waals surface area contributed by atoms with Crippen molar-refractivity contribution in [3.8, 4) is 0 Å². The van der Waals surface area contributed by atoms with Gasteiger partial charge in [-0.05, 0) is 30.7 Å². The number of fused-ring (bicyclic) bond motifs is 1. The van der Waals surface area contributed by atoms with Crippen molar-refractivity contribution >= 4 is 10.8 Å². The van der Waals surface area contributed by atoms with Gasteiger partial charge in [0, 0.05) is 29.9 Å². The van der Waals surface area contributed by atoms with E-state index in [4.69, 9.17) is 0 Å². The molecule has 1 aromatic heterocycles. The first kappa shape index (κ1) is 9.79. The lowest BCUT2D eigenvalue weighted by molar-refractivity contribution is 0.538. The van der Waals surface area contributed by atoms with Crippen LogP contribution in [-0.4, -0.2) is 10.5 Å². The van der Waals surface area contributed by atoms with E-state index in [1.807, 2.05) is 12.4 Å². The van der Waals surface area contributed by atoms with Crippen molar-refractivity contribution in [3.05, 3.63) is 42.2 Å². The SMILES string of the molecule is CC1(NCc2cncc3ccccc23)CC1. The van der Waals surface area contributed by atoms with Gasteiger partial charge < -0.3 is 5.32 Å². The fourth-order valence-corrected chi connectivity index (χ4v) is 1.99. The number of hydrogen-bond acceptors (Lipinski definition) is 2. The number of rotatable bonds is 3. The molecule has 1 aromatic carbocycles. The lowest BCUT2D eigenvalue weighted by Crippen LogP contribution is -2.27. The Kier molecular flexibility index (Phi) is 2.18. The first-order chi connectivity index (χ1) is 7.77. The molecule has 82 valence electrons. The molecule has 0 amide bonds. The van der Waals surface area contributed by atoms with Crippen LogP contribution in [0.5, 0.6) is 0 Å². The molecule has 0 saturated heterocycles. The molecule has 2 nitrogen and oxygen atoms in total. The highest BCUT2D eigenvalue weighted by atomic mass is 15.0. The number of hydrogen-bond donors (Lipinski definition) is 1. The Bertz CT molecular complexity index is 510. The third-order valence-corrected chi connectivity index (χ3v) is 3.46. The van der Waals surface area contributed by atoms with Crippen molar-refractivity contribution in [2.45, 2.75) is 31.8 Å². The van der Waals surface area contributed by atoms with E-state index in [2.05, 4.69) is 41.5 Å². The van der Waals surface area contributed by atoms with Crippen molar-refractivity contribution in [1.29, 1.82) is 0 Å². The molecule has 1 N–H and O–H groups in total. The van der Waals surface area contributed by atoms with Gasteiger partial charge in [0.1, 0.15) is 0 Å². The van der Waals surface area contributed by atoms with Crippen molar-refractivity contribution in [2.24, 2.45) is 0 Å². The van der Waals surface area contributed by atoms with E-state index < -0.39 is 0 Å². The summed E-state index contributed by atoms with van der Waals surface area (Å²) in [5.74, 6) is 0. The van der Waals surface area contributed by atoms with E-state index in [1.54, 1.807) is 0 Å². The number of pyridine rings is 1. The summed E-state index contributed by atoms with van der Waals surface area (Å²) in [5, 5.41) is 6.14. The van der Waals surface area contributed by atoms with Gasteiger partial charge in [-0.2, -0.15) is 0 Å². The first-order valence-corrected chi connectivity index (χ1v) is 5.84. The first-order valence-electron chi connectivity index (χ1n) is 5.84. The van der Waals surface area contributed by atoms with Crippen LogP contribution in [0, 0.1) is 0 Å². The standard InChI is InChI=1S/C14H16N2/c1-14(6-7-14)16-10-12-9-15-8-11-4-2-3-5-13(11)12/h2-5,8-9,16H,6-7,10H2,1H3. The second-order valence-corrected chi connectivity index (χ2v) is 4.93. The molecule has 1 aliphatic rings. The topological polar surface area (TPSA) is 24.9 Å². The van der Waals surface area contributed by atoms with Crippen molar-refractivity contribution in [3.63, 3.8) is 0 Å². The lowest BCUT2D eigenvalue weighted by Gasteiger charge is -2.12. The van der Waals surface area contributed by atoms with E-state index in [0.29, 0.717) is 5.54 Å². The van der Waals surface area contributed by atoms with E-state index >= 15 is 0 Å². The highest BCUT2D eigenvalue weighted by Crippen LogP contribution is 2.34. The maximum Gasteiger partial charge on any atom is 0.0346 e. The molecule has 2 heteroatoms. The normalized spacial score (nSPS) is 17.6. The summed E-state index contributed by atoms with van der Waals surface area (Å²) in [6.07, 6.45) is 6.50. The Morgan fingerprint density at radius 1 is 1.25 bits per heavy atom. The van der Waals surface area contributed by atoms with Crippen LogP contribution >= 0.6 is 0 Å². The average Bonchev–Trinajstić information content (AvgIpc) is 3.05. The van der Waals surface area contributed by atoms with Crippen molar-refractivity contribution < 1.29 is 0 Å². The van der Waals surface area contributed by atoms with E-state index in [0.717, 1.165) is 6.54 Å². The summed E-state index contributed by atoms with van der Waals surface area (Å²) in [7, 11) is 0. The molecule has 3 rings (SSSR count). The van der Waals surface area contributed by atoms with Gasteiger partial charge in [-0.1, -0.05) is 24.3 Å². The summed E-state index contributed by atoms with van der Waals surface area (Å²) in [5.41, 5.74) is 1.68. The molecule has 1 saturated carbocycles. The maximum atomic E-state index is 4.29. The molecule has 0 bridgehead atoms. The largest absolute Gasteiger partial charge is 0.307 e. The zero-order valence-electron chi connectivity index (χ0n) is 9.53. The van der Waals surface area contributed by atoms with Gasteiger partial charge >= 0.3 is 0 Å². The smallest absolute Gasteiger partial charge is 0.0346 e. The molecular formula is C14H16N2. The number of benzene rings is 1. The lowest BCUT2D eigenvalue weighted by atomic mass is 10.1. The van der Waals surface area contributed by atoms with Gasteiger partial charge in [0.2, 0.25) is 0 Å². The molecule has 1 aliphatic carbocycles. The highest BCUT2D eigenvalue weighted by molar-refractivity contribution is 5.84. The molecule has 0 radical (unpaired) electrons. The molecule has 1 heterocycles. The van der Waals surface area contributed by atoms with Gasteiger partial charge in [0.25, 0.3) is 0 Å². The second kappa shape index (κ2) is 3.56. The number of nitrogens with zero attached hydrogens (tertiary/aromatic N) is 1. The summed E-state index contributed by atoms with van der Waals surface area (Å²) in [6.45, 7) is 3.20. The van der Waals surface area contributed by atoms with Crippen LogP contribution in [0.15, 0.2) is 36.7 Å². The Hall–Kier alpha value is -1.41. The summed E-state index contributed by atoms with van der Waals surface area (Å²) < 4.78 is 0. The summed E-state index contributed by atoms with van der Waals surface area (Å²) in [6, 6.07) is 8.43. The molecule has 0 spiro atoms. The third-order valence-electron chi connectivity index (χ3n) is 3.46. The fourth-order valence-electron chi connectivity index (χ4n) is 1.99. The summed E-state index contributed by atoms with van der Waals surface area (Å²) in [4.78, 5) is 4.29. The van der Waals surface area contributed by atoms with Crippen LogP contribution in [0.25, 0.3) is 10.8 Å². The Balaban J connectivity index is 1.90. The zero-order valence-corrected chi connectivity index (χ0v) is 9.53. The Morgan fingerprint density at radius 2 is 2.06 bits per heavy atom. The molecule has 2 aromatic rings. The van der Waals surface area contributed by atoms with Gasteiger partial charge in [-0.15, -0.1) is 0 Å². The van der Waals surface area contributed by atoms with Crippen LogP contribution in [0.4, 0.5) is 0 Å². The zero-order chi connectivity index (χ0) is 11.0. The van der Waals surface area contributed by atoms with Crippen LogP contribution < -0.4 is 5.32 Å². The van der Waals surface area contributed by atoms with Gasteiger partial charge in [-0.3, -0.25) is 4.98 Å². The minimum Gasteiger partial charge on any atom is -0.307 e. The predicted octanol–water partition coefficient (Wildman–Crippen LogP) is 2.88. The average molecular weight is 212 g/mol. The van der Waals surface area contributed by atoms with Gasteiger partial charge in [-0.25, -0.2) is 0 Å². The van der Waals surface area contributed by atoms with Gasteiger partial charge in [0.15, 0.2) is 0 Å². The molecule has 1 fully saturated rings. The predicted molar refractivity (Wildman–Crippen MR) is 66.2 cm³/mol. The minimum atomic E-state index is 0.386. The van der Waals surface area contributed by atoms with Crippen LogP contribution in [0.1, 0.15) is 25.3 Å². The van der Waals surface area contributed by atoms with Crippen molar-refractivity contribution in [2.75, 3.05) is 0 Å². The van der Waals surface area contributed by atoms with Crippen LogP contribution in [-0.2, 0) is 6.54 Å². The fraction of sp³-hybridized carbons (Fsp3) is 0.357. The number of aromatic nitrogens is 1. The van der Waals surface area contributed by atoms with Gasteiger partial charge in [0.05, 0.1) is 0 Å². The Labute approximate surface area is 95.7 Å². The molecule has 0 unspecified atom stereocenters. The van der Waals surface area contributed by atoms with Crippen molar-refractivity contribution in [1.82, 2.24) is 10.3 Å². The van der Waals surface area contributed by atoms with Crippen LogP contribution in [0.2, 0.25) is 0 Å². The highest BCUT2D eigenvalue weighted by Gasteiger charge is 2.36. The second-order valence-electron chi connectivity index (χ2n) is 4.93. The molecule has 0 aliphatic heterocycles. The number of nitrogens with one attached hydrogen (secondary N) is 1. The molecular weight excluding hydrogens is 196 g/mol.